The summed E-state index contributed by atoms with van der Waals surface area (Å²) in [6.45, 7) is 4.22. The maximum absolute atomic E-state index is 9.91. The first-order valence-electron chi connectivity index (χ1n) is 9.21. The molecule has 0 spiro atoms. The van der Waals surface area contributed by atoms with Gasteiger partial charge in [-0.1, -0.05) is 23.7 Å². The highest BCUT2D eigenvalue weighted by Gasteiger charge is 2.26. The molecule has 4 heteroatoms. The van der Waals surface area contributed by atoms with Crippen LogP contribution in [-0.4, -0.2) is 9.38 Å². The summed E-state index contributed by atoms with van der Waals surface area (Å²) in [6.07, 6.45) is 3.01. The van der Waals surface area contributed by atoms with Crippen LogP contribution in [-0.2, 0) is 12.8 Å². The molecular weight excluding hydrogens is 354 g/mol. The molecule has 2 aromatic carbocycles. The van der Waals surface area contributed by atoms with E-state index in [1.165, 1.54) is 22.3 Å². The van der Waals surface area contributed by atoms with E-state index in [-0.39, 0.29) is 0 Å². The number of nitrogens with zero attached hydrogens (tertiary/aromatic N) is 3. The smallest absolute Gasteiger partial charge is 0.156 e. The standard InChI is InChI=1S/C23H18ClN3/c1-13-10-20-21(11-14(13)2)27-22(15-6-8-16(24)9-7-15)18-5-3-4-17(18)19(12-25)23(27)26-20/h6-11H,3-5H2,1-2H3. The van der Waals surface area contributed by atoms with Crippen molar-refractivity contribution in [2.24, 2.45) is 0 Å². The number of benzene rings is 2. The number of hydrogen-bond acceptors (Lipinski definition) is 2. The van der Waals surface area contributed by atoms with Gasteiger partial charge in [-0.25, -0.2) is 4.98 Å². The number of rotatable bonds is 1. The second-order valence-corrected chi connectivity index (χ2v) is 7.79. The number of fused-ring (bicyclic) bond motifs is 4. The molecule has 0 radical (unpaired) electrons. The van der Waals surface area contributed by atoms with Crippen LogP contribution in [0.15, 0.2) is 36.4 Å². The van der Waals surface area contributed by atoms with Crippen molar-refractivity contribution in [2.45, 2.75) is 33.1 Å². The summed E-state index contributed by atoms with van der Waals surface area (Å²) in [6, 6.07) is 14.7. The van der Waals surface area contributed by atoms with Crippen molar-refractivity contribution in [1.29, 1.82) is 5.26 Å². The van der Waals surface area contributed by atoms with Gasteiger partial charge in [0.05, 0.1) is 22.3 Å². The Morgan fingerprint density at radius 3 is 2.48 bits per heavy atom. The lowest BCUT2D eigenvalue weighted by Crippen LogP contribution is -2.03. The Balaban J connectivity index is 2.02. The van der Waals surface area contributed by atoms with Crippen LogP contribution >= 0.6 is 11.6 Å². The van der Waals surface area contributed by atoms with Gasteiger partial charge in [0, 0.05) is 5.02 Å². The molecule has 2 aromatic heterocycles. The predicted octanol–water partition coefficient (Wildman–Crippen LogP) is 5.79. The molecule has 4 aromatic rings. The van der Waals surface area contributed by atoms with E-state index in [1.807, 2.05) is 12.1 Å². The summed E-state index contributed by atoms with van der Waals surface area (Å²) in [5.74, 6) is 0. The van der Waals surface area contributed by atoms with Crippen molar-refractivity contribution in [2.75, 3.05) is 0 Å². The molecule has 0 amide bonds. The minimum atomic E-state index is 0.724. The zero-order valence-electron chi connectivity index (χ0n) is 15.3. The van der Waals surface area contributed by atoms with Gasteiger partial charge in [0.1, 0.15) is 6.07 Å². The zero-order chi connectivity index (χ0) is 18.7. The van der Waals surface area contributed by atoms with Gasteiger partial charge in [-0.3, -0.25) is 4.40 Å². The average Bonchev–Trinajstić information content (AvgIpc) is 3.26. The maximum atomic E-state index is 9.91. The third-order valence-corrected chi connectivity index (χ3v) is 6.00. The quantitative estimate of drug-likeness (QED) is 0.425. The fourth-order valence-corrected chi connectivity index (χ4v) is 4.43. The lowest BCUT2D eigenvalue weighted by Gasteiger charge is -2.15. The molecule has 0 unspecified atom stereocenters. The topological polar surface area (TPSA) is 41.1 Å². The molecule has 27 heavy (non-hydrogen) atoms. The molecule has 1 aliphatic rings. The Morgan fingerprint density at radius 1 is 1.04 bits per heavy atom. The van der Waals surface area contributed by atoms with E-state index in [4.69, 9.17) is 16.6 Å². The lowest BCUT2D eigenvalue weighted by atomic mass is 9.99. The monoisotopic (exact) mass is 371 g/mol. The number of aryl methyl sites for hydroxylation is 2. The first-order chi connectivity index (χ1) is 13.1. The second-order valence-electron chi connectivity index (χ2n) is 7.35. The molecular formula is C23H18ClN3. The third-order valence-electron chi connectivity index (χ3n) is 5.75. The Bertz CT molecular complexity index is 1270. The maximum Gasteiger partial charge on any atom is 0.156 e. The van der Waals surface area contributed by atoms with Crippen molar-refractivity contribution in [3.63, 3.8) is 0 Å². The van der Waals surface area contributed by atoms with Crippen LogP contribution in [0, 0.1) is 25.2 Å². The minimum absolute atomic E-state index is 0.724. The summed E-state index contributed by atoms with van der Waals surface area (Å²) < 4.78 is 2.19. The van der Waals surface area contributed by atoms with Crippen LogP contribution in [0.1, 0.15) is 34.2 Å². The molecule has 0 aliphatic heterocycles. The molecule has 3 nitrogen and oxygen atoms in total. The van der Waals surface area contributed by atoms with Gasteiger partial charge < -0.3 is 0 Å². The van der Waals surface area contributed by atoms with E-state index >= 15 is 0 Å². The van der Waals surface area contributed by atoms with E-state index in [2.05, 4.69) is 48.6 Å². The van der Waals surface area contributed by atoms with Gasteiger partial charge in [-0.2, -0.15) is 5.26 Å². The number of hydrogen-bond donors (Lipinski definition) is 0. The van der Waals surface area contributed by atoms with E-state index in [1.54, 1.807) is 0 Å². The normalized spacial score (nSPS) is 13.3. The van der Waals surface area contributed by atoms with Gasteiger partial charge in [0.15, 0.2) is 5.65 Å². The molecule has 1 aliphatic carbocycles. The lowest BCUT2D eigenvalue weighted by molar-refractivity contribution is 0.910. The SMILES string of the molecule is Cc1cc2nc3c(C#N)c4c(c(-c5ccc(Cl)cc5)n3c2cc1C)CCC4. The largest absolute Gasteiger partial charge is 0.291 e. The Hall–Kier alpha value is -2.83. The molecule has 132 valence electrons. The first-order valence-corrected chi connectivity index (χ1v) is 9.59. The van der Waals surface area contributed by atoms with E-state index in [0.717, 1.165) is 57.8 Å². The highest BCUT2D eigenvalue weighted by Crippen LogP contribution is 2.39. The van der Waals surface area contributed by atoms with Crippen LogP contribution in [0.25, 0.3) is 27.9 Å². The summed E-state index contributed by atoms with van der Waals surface area (Å²) in [5, 5.41) is 10.6. The van der Waals surface area contributed by atoms with E-state index in [9.17, 15) is 5.26 Å². The van der Waals surface area contributed by atoms with Gasteiger partial charge >= 0.3 is 0 Å². The van der Waals surface area contributed by atoms with Crippen molar-refractivity contribution >= 4 is 28.3 Å². The van der Waals surface area contributed by atoms with Crippen molar-refractivity contribution in [3.8, 4) is 17.3 Å². The van der Waals surface area contributed by atoms with Crippen molar-refractivity contribution in [1.82, 2.24) is 9.38 Å². The predicted molar refractivity (Wildman–Crippen MR) is 109 cm³/mol. The van der Waals surface area contributed by atoms with E-state index < -0.39 is 0 Å². The van der Waals surface area contributed by atoms with Gasteiger partial charge in [0.25, 0.3) is 0 Å². The zero-order valence-corrected chi connectivity index (χ0v) is 16.1. The second kappa shape index (κ2) is 5.84. The van der Waals surface area contributed by atoms with Crippen LogP contribution in [0.3, 0.4) is 0 Å². The molecule has 0 fully saturated rings. The van der Waals surface area contributed by atoms with Gasteiger partial charge in [0.2, 0.25) is 0 Å². The Morgan fingerprint density at radius 2 is 1.74 bits per heavy atom. The Kier molecular flexibility index (Phi) is 3.54. The Labute approximate surface area is 162 Å². The van der Waals surface area contributed by atoms with Crippen molar-refractivity contribution in [3.05, 3.63) is 69.2 Å². The van der Waals surface area contributed by atoms with Crippen LogP contribution < -0.4 is 0 Å². The molecule has 0 N–H and O–H groups in total. The summed E-state index contributed by atoms with van der Waals surface area (Å²) in [5.41, 5.74) is 10.6. The minimum Gasteiger partial charge on any atom is -0.291 e. The van der Waals surface area contributed by atoms with Gasteiger partial charge in [-0.15, -0.1) is 0 Å². The highest BCUT2D eigenvalue weighted by molar-refractivity contribution is 6.30. The fourth-order valence-electron chi connectivity index (χ4n) is 4.31. The number of aromatic nitrogens is 2. The average molecular weight is 372 g/mol. The summed E-state index contributed by atoms with van der Waals surface area (Å²) in [7, 11) is 0. The van der Waals surface area contributed by atoms with Crippen LogP contribution in [0.2, 0.25) is 5.02 Å². The summed E-state index contributed by atoms with van der Waals surface area (Å²) >= 11 is 6.13. The highest BCUT2D eigenvalue weighted by atomic mass is 35.5. The number of halogens is 1. The van der Waals surface area contributed by atoms with Gasteiger partial charge in [-0.05, 0) is 85.2 Å². The third kappa shape index (κ3) is 2.30. The molecule has 0 saturated carbocycles. The molecule has 0 atom stereocenters. The first kappa shape index (κ1) is 16.4. The van der Waals surface area contributed by atoms with Crippen LogP contribution in [0.4, 0.5) is 0 Å². The van der Waals surface area contributed by atoms with Crippen LogP contribution in [0.5, 0.6) is 0 Å². The fraction of sp³-hybridized carbons (Fsp3) is 0.217. The molecule has 0 saturated heterocycles. The molecule has 2 heterocycles. The number of imidazole rings is 1. The van der Waals surface area contributed by atoms with Crippen molar-refractivity contribution < 1.29 is 0 Å². The molecule has 5 rings (SSSR count). The number of pyridine rings is 1. The van der Waals surface area contributed by atoms with E-state index in [0.29, 0.717) is 0 Å². The molecule has 0 bridgehead atoms. The number of nitriles is 1. The summed E-state index contributed by atoms with van der Waals surface area (Å²) in [4.78, 5) is 4.88.